The number of ketones is 1. The van der Waals surface area contributed by atoms with Crippen LogP contribution in [0.4, 0.5) is 0 Å². The summed E-state index contributed by atoms with van der Waals surface area (Å²) in [6, 6.07) is 8.20. The van der Waals surface area contributed by atoms with Crippen molar-refractivity contribution in [3.63, 3.8) is 0 Å². The molecule has 0 heterocycles. The average Bonchev–Trinajstić information content (AvgIpc) is 2.25. The first-order chi connectivity index (χ1) is 9.00. The van der Waals surface area contributed by atoms with Gasteiger partial charge in [0, 0.05) is 11.8 Å². The zero-order chi connectivity index (χ0) is 15.6. The van der Waals surface area contributed by atoms with E-state index in [1.807, 2.05) is 32.9 Å². The van der Waals surface area contributed by atoms with E-state index >= 15 is 0 Å². The van der Waals surface area contributed by atoms with Gasteiger partial charge in [0.2, 0.25) is 0 Å². The van der Waals surface area contributed by atoms with E-state index in [-0.39, 0.29) is 17.3 Å². The normalized spacial score (nSPS) is 14.2. The van der Waals surface area contributed by atoms with Gasteiger partial charge in [-0.25, -0.2) is 0 Å². The Bertz CT molecular complexity index is 467. The van der Waals surface area contributed by atoms with Gasteiger partial charge >= 0.3 is 0 Å². The van der Waals surface area contributed by atoms with Gasteiger partial charge in [-0.05, 0) is 37.7 Å². The molecule has 0 amide bonds. The Morgan fingerprint density at radius 2 is 1.75 bits per heavy atom. The molecule has 0 aliphatic rings. The van der Waals surface area contributed by atoms with Crippen molar-refractivity contribution in [2.24, 2.45) is 5.41 Å². The molecular weight excluding hydrogens is 264 g/mol. The first-order valence-electron chi connectivity index (χ1n) is 7.27. The van der Waals surface area contributed by atoms with E-state index < -0.39 is 8.32 Å². The number of hydrogen-bond acceptors (Lipinski definition) is 2. The van der Waals surface area contributed by atoms with Crippen LogP contribution in [0.2, 0.25) is 19.6 Å². The van der Waals surface area contributed by atoms with Crippen molar-refractivity contribution in [3.8, 4) is 0 Å². The molecule has 1 aromatic rings. The molecule has 0 radical (unpaired) electrons. The molecule has 0 saturated heterocycles. The van der Waals surface area contributed by atoms with E-state index in [4.69, 9.17) is 4.43 Å². The van der Waals surface area contributed by atoms with Crippen LogP contribution in [0.25, 0.3) is 0 Å². The van der Waals surface area contributed by atoms with Crippen LogP contribution in [-0.2, 0) is 9.22 Å². The summed E-state index contributed by atoms with van der Waals surface area (Å²) in [5, 5.41) is 0. The van der Waals surface area contributed by atoms with Gasteiger partial charge in [-0.1, -0.05) is 45.0 Å². The molecule has 20 heavy (non-hydrogen) atoms. The summed E-state index contributed by atoms with van der Waals surface area (Å²) in [6.07, 6.45) is 0.341. The van der Waals surface area contributed by atoms with Crippen molar-refractivity contribution >= 4 is 14.1 Å². The Labute approximate surface area is 124 Å². The summed E-state index contributed by atoms with van der Waals surface area (Å²) < 4.78 is 6.29. The second-order valence-electron chi connectivity index (χ2n) is 7.45. The van der Waals surface area contributed by atoms with Gasteiger partial charge in [0.05, 0.1) is 6.10 Å². The number of Topliss-reactive ketones (excluding diaryl/α,β-unsaturated/α-hetero) is 1. The van der Waals surface area contributed by atoms with Crippen LogP contribution in [0.15, 0.2) is 24.3 Å². The fourth-order valence-electron chi connectivity index (χ4n) is 2.06. The van der Waals surface area contributed by atoms with Crippen molar-refractivity contribution in [1.82, 2.24) is 0 Å². The van der Waals surface area contributed by atoms with Crippen molar-refractivity contribution in [2.75, 3.05) is 0 Å². The molecule has 2 nitrogen and oxygen atoms in total. The minimum atomic E-state index is -1.70. The quantitative estimate of drug-likeness (QED) is 0.722. The summed E-state index contributed by atoms with van der Waals surface area (Å²) in [4.78, 5) is 12.4. The maximum absolute atomic E-state index is 12.4. The molecule has 1 unspecified atom stereocenters. The van der Waals surface area contributed by atoms with Crippen LogP contribution in [-0.4, -0.2) is 14.1 Å². The molecule has 1 atom stereocenters. The summed E-state index contributed by atoms with van der Waals surface area (Å²) in [6.45, 7) is 14.5. The monoisotopic (exact) mass is 292 g/mol. The Balaban J connectivity index is 3.04. The van der Waals surface area contributed by atoms with E-state index in [2.05, 4.69) is 38.7 Å². The summed E-state index contributed by atoms with van der Waals surface area (Å²) >= 11 is 0. The topological polar surface area (TPSA) is 26.3 Å². The molecule has 0 spiro atoms. The predicted molar refractivity (Wildman–Crippen MR) is 87.4 cm³/mol. The Kier molecular flexibility index (Phi) is 5.33. The third kappa shape index (κ3) is 5.21. The Morgan fingerprint density at radius 3 is 2.20 bits per heavy atom. The predicted octanol–water partition coefficient (Wildman–Crippen LogP) is 4.89. The maximum Gasteiger partial charge on any atom is 0.184 e. The van der Waals surface area contributed by atoms with Crippen molar-refractivity contribution in [1.29, 1.82) is 0 Å². The van der Waals surface area contributed by atoms with Crippen LogP contribution < -0.4 is 0 Å². The second kappa shape index (κ2) is 6.23. The summed E-state index contributed by atoms with van der Waals surface area (Å²) in [7, 11) is -1.70. The van der Waals surface area contributed by atoms with Crippen LogP contribution in [0.1, 0.15) is 44.4 Å². The molecular formula is C17H28O2Si. The zero-order valence-corrected chi connectivity index (χ0v) is 14.9. The molecule has 0 bridgehead atoms. The standard InChI is InChI=1S/C17H28O2Si/c1-13-10-8-9-11-14(13)15(19-20(5,6)7)12-16(18)17(2,3)4/h8-11,15H,12H2,1-7H3. The minimum absolute atomic E-state index is 0.116. The molecule has 3 heteroatoms. The number of hydrogen-bond donors (Lipinski definition) is 0. The lowest BCUT2D eigenvalue weighted by atomic mass is 9.86. The number of rotatable bonds is 5. The van der Waals surface area contributed by atoms with Gasteiger partial charge in [0.1, 0.15) is 5.78 Å². The smallest absolute Gasteiger partial charge is 0.184 e. The molecule has 1 rings (SSSR count). The van der Waals surface area contributed by atoms with E-state index in [1.54, 1.807) is 0 Å². The van der Waals surface area contributed by atoms with E-state index in [1.165, 1.54) is 5.56 Å². The lowest BCUT2D eigenvalue weighted by molar-refractivity contribution is -0.128. The lowest BCUT2D eigenvalue weighted by Gasteiger charge is -2.29. The van der Waals surface area contributed by atoms with Crippen LogP contribution in [0.5, 0.6) is 0 Å². The Hall–Kier alpha value is -0.933. The second-order valence-corrected chi connectivity index (χ2v) is 11.9. The third-order valence-electron chi connectivity index (χ3n) is 3.24. The molecule has 0 aliphatic heterocycles. The van der Waals surface area contributed by atoms with Crippen molar-refractivity contribution in [2.45, 2.75) is 59.9 Å². The molecule has 0 fully saturated rings. The molecule has 112 valence electrons. The highest BCUT2D eigenvalue weighted by Gasteiger charge is 2.29. The highest BCUT2D eigenvalue weighted by Crippen LogP contribution is 2.31. The average molecular weight is 292 g/mol. The van der Waals surface area contributed by atoms with Gasteiger partial charge in [-0.15, -0.1) is 0 Å². The minimum Gasteiger partial charge on any atom is -0.410 e. The van der Waals surface area contributed by atoms with E-state index in [0.29, 0.717) is 6.42 Å². The fourth-order valence-corrected chi connectivity index (χ4v) is 3.13. The van der Waals surface area contributed by atoms with Crippen molar-refractivity contribution < 1.29 is 9.22 Å². The number of aryl methyl sites for hydroxylation is 1. The van der Waals surface area contributed by atoms with Crippen LogP contribution in [0, 0.1) is 12.3 Å². The number of carbonyl (C=O) groups is 1. The van der Waals surface area contributed by atoms with Crippen molar-refractivity contribution in [3.05, 3.63) is 35.4 Å². The third-order valence-corrected chi connectivity index (χ3v) is 4.23. The summed E-state index contributed by atoms with van der Waals surface area (Å²) in [5.41, 5.74) is 2.02. The number of carbonyl (C=O) groups excluding carboxylic acids is 1. The van der Waals surface area contributed by atoms with Gasteiger partial charge < -0.3 is 4.43 Å². The highest BCUT2D eigenvalue weighted by atomic mass is 28.4. The van der Waals surface area contributed by atoms with Gasteiger partial charge in [0.15, 0.2) is 8.32 Å². The zero-order valence-electron chi connectivity index (χ0n) is 13.9. The molecule has 0 aliphatic carbocycles. The van der Waals surface area contributed by atoms with Gasteiger partial charge in [0.25, 0.3) is 0 Å². The first-order valence-corrected chi connectivity index (χ1v) is 10.7. The first kappa shape index (κ1) is 17.1. The molecule has 0 aromatic heterocycles. The van der Waals surface area contributed by atoms with Gasteiger partial charge in [-0.2, -0.15) is 0 Å². The van der Waals surface area contributed by atoms with Crippen LogP contribution in [0.3, 0.4) is 0 Å². The summed E-state index contributed by atoms with van der Waals surface area (Å²) in [5.74, 6) is 0.254. The van der Waals surface area contributed by atoms with Gasteiger partial charge in [-0.3, -0.25) is 4.79 Å². The highest BCUT2D eigenvalue weighted by molar-refractivity contribution is 6.69. The number of benzene rings is 1. The Morgan fingerprint density at radius 1 is 1.20 bits per heavy atom. The molecule has 0 saturated carbocycles. The van der Waals surface area contributed by atoms with Crippen LogP contribution >= 0.6 is 0 Å². The van der Waals surface area contributed by atoms with E-state index in [9.17, 15) is 4.79 Å². The SMILES string of the molecule is Cc1ccccc1C(CC(=O)C(C)(C)C)O[Si](C)(C)C. The van der Waals surface area contributed by atoms with E-state index in [0.717, 1.165) is 5.56 Å². The largest absolute Gasteiger partial charge is 0.410 e. The molecule has 1 aromatic carbocycles. The lowest BCUT2D eigenvalue weighted by Crippen LogP contribution is -2.31. The maximum atomic E-state index is 12.4. The fraction of sp³-hybridized carbons (Fsp3) is 0.588. The molecule has 0 N–H and O–H groups in total.